The Morgan fingerprint density at radius 1 is 0.926 bits per heavy atom. The van der Waals surface area contributed by atoms with Crippen LogP contribution >= 0.6 is 11.8 Å². The van der Waals surface area contributed by atoms with E-state index in [1.54, 1.807) is 36.0 Å². The molecule has 2 aromatic carbocycles. The summed E-state index contributed by atoms with van der Waals surface area (Å²) in [5.41, 5.74) is 0. The molecule has 0 spiro atoms. The molecule has 0 aromatic heterocycles. The molecule has 0 aliphatic heterocycles. The third-order valence-electron chi connectivity index (χ3n) is 3.81. The maximum absolute atomic E-state index is 12.6. The lowest BCUT2D eigenvalue weighted by Crippen LogP contribution is -2.52. The summed E-state index contributed by atoms with van der Waals surface area (Å²) in [5.74, 6) is 0.902. The van der Waals surface area contributed by atoms with E-state index in [1.165, 1.54) is 0 Å². The predicted molar refractivity (Wildman–Crippen MR) is 109 cm³/mol. The van der Waals surface area contributed by atoms with Crippen molar-refractivity contribution in [3.8, 4) is 5.75 Å². The highest BCUT2D eigenvalue weighted by atomic mass is 32.2. The summed E-state index contributed by atoms with van der Waals surface area (Å²) in [6.45, 7) is 5.72. The van der Waals surface area contributed by atoms with E-state index >= 15 is 0 Å². The van der Waals surface area contributed by atoms with Gasteiger partial charge in [-0.1, -0.05) is 50.2 Å². The number of ether oxygens (including phenoxy) is 1. The largest absolute Gasteiger partial charge is 0.413 e. The molecule has 2 N–H and O–H groups in total. The van der Waals surface area contributed by atoms with Gasteiger partial charge in [-0.05, 0) is 37.1 Å². The molecular formula is C21H26N2O3S. The molecule has 0 saturated carbocycles. The fourth-order valence-electron chi connectivity index (χ4n) is 2.40. The highest BCUT2D eigenvalue weighted by Gasteiger charge is 2.26. The van der Waals surface area contributed by atoms with Gasteiger partial charge in [-0.15, -0.1) is 11.8 Å². The maximum atomic E-state index is 12.6. The Morgan fingerprint density at radius 3 is 2.11 bits per heavy atom. The molecule has 27 heavy (non-hydrogen) atoms. The lowest BCUT2D eigenvalue weighted by molar-refractivity contribution is -0.124. The van der Waals surface area contributed by atoms with Crippen molar-refractivity contribution < 1.29 is 14.3 Å². The van der Waals surface area contributed by atoms with Crippen molar-refractivity contribution in [2.24, 2.45) is 5.92 Å². The van der Waals surface area contributed by atoms with Crippen molar-refractivity contribution in [2.45, 2.75) is 37.8 Å². The number of hydrogen-bond donors (Lipinski definition) is 2. The Kier molecular flexibility index (Phi) is 8.20. The third kappa shape index (κ3) is 7.35. The number of rotatable bonds is 8. The van der Waals surface area contributed by atoms with Crippen LogP contribution in [0.5, 0.6) is 5.75 Å². The van der Waals surface area contributed by atoms with Gasteiger partial charge in [0.05, 0.1) is 0 Å². The zero-order valence-electron chi connectivity index (χ0n) is 15.8. The first-order valence-electron chi connectivity index (χ1n) is 8.97. The van der Waals surface area contributed by atoms with Crippen molar-refractivity contribution in [3.05, 3.63) is 60.7 Å². The third-order valence-corrected chi connectivity index (χ3v) is 5.08. The Hall–Kier alpha value is -2.47. The van der Waals surface area contributed by atoms with Crippen LogP contribution in [0.4, 0.5) is 4.79 Å². The number of benzene rings is 2. The monoisotopic (exact) mass is 386 g/mol. The van der Waals surface area contributed by atoms with Crippen molar-refractivity contribution >= 4 is 23.8 Å². The Bertz CT molecular complexity index is 723. The maximum Gasteiger partial charge on any atom is 0.413 e. The quantitative estimate of drug-likeness (QED) is 0.671. The molecule has 1 unspecified atom stereocenters. The van der Waals surface area contributed by atoms with Crippen LogP contribution in [0.25, 0.3) is 0 Å². The van der Waals surface area contributed by atoms with Crippen molar-refractivity contribution in [1.82, 2.24) is 10.6 Å². The first kappa shape index (κ1) is 20.8. The number of carbonyl (C=O) groups is 2. The molecular weight excluding hydrogens is 360 g/mol. The zero-order chi connectivity index (χ0) is 19.6. The Labute approximate surface area is 164 Å². The second kappa shape index (κ2) is 10.6. The second-order valence-corrected chi connectivity index (χ2v) is 7.70. The van der Waals surface area contributed by atoms with Crippen LogP contribution < -0.4 is 15.4 Å². The molecule has 0 fully saturated rings. The second-order valence-electron chi connectivity index (χ2n) is 6.60. The molecule has 5 nitrogen and oxygen atoms in total. The average molecular weight is 387 g/mol. The molecule has 0 aliphatic rings. The van der Waals surface area contributed by atoms with Crippen LogP contribution in [0, 0.1) is 5.92 Å². The Morgan fingerprint density at radius 2 is 1.52 bits per heavy atom. The van der Waals surface area contributed by atoms with Crippen LogP contribution in [0.2, 0.25) is 0 Å². The number of hydrogen-bond acceptors (Lipinski definition) is 4. The van der Waals surface area contributed by atoms with Gasteiger partial charge in [0.25, 0.3) is 0 Å². The van der Waals surface area contributed by atoms with Gasteiger partial charge in [-0.2, -0.15) is 0 Å². The molecule has 0 aliphatic carbocycles. The minimum absolute atomic E-state index is 0.0316. The summed E-state index contributed by atoms with van der Waals surface area (Å²) in [6, 6.07) is 18.1. The van der Waals surface area contributed by atoms with Gasteiger partial charge in [-0.25, -0.2) is 4.79 Å². The fraction of sp³-hybridized carbons (Fsp3) is 0.333. The number of carbonyl (C=O) groups excluding carboxylic acids is 2. The van der Waals surface area contributed by atoms with Gasteiger partial charge >= 0.3 is 6.09 Å². The number of amides is 2. The summed E-state index contributed by atoms with van der Waals surface area (Å²) in [4.78, 5) is 25.9. The molecule has 144 valence electrons. The summed E-state index contributed by atoms with van der Waals surface area (Å²) >= 11 is 1.68. The van der Waals surface area contributed by atoms with Crippen molar-refractivity contribution in [1.29, 1.82) is 0 Å². The van der Waals surface area contributed by atoms with E-state index in [4.69, 9.17) is 4.74 Å². The van der Waals surface area contributed by atoms with Crippen molar-refractivity contribution in [2.75, 3.05) is 5.75 Å². The van der Waals surface area contributed by atoms with Crippen LogP contribution in [0.1, 0.15) is 20.8 Å². The normalized spacial score (nSPS) is 12.9. The number of nitrogens with one attached hydrogen (secondary N) is 2. The van der Waals surface area contributed by atoms with E-state index in [1.807, 2.05) is 57.2 Å². The van der Waals surface area contributed by atoms with Gasteiger partial charge in [0.2, 0.25) is 5.91 Å². The molecule has 0 heterocycles. The van der Waals surface area contributed by atoms with Crippen LogP contribution in [0.3, 0.4) is 0 Å². The molecule has 2 atom stereocenters. The fourth-order valence-corrected chi connectivity index (χ4v) is 3.27. The van der Waals surface area contributed by atoms with E-state index in [0.29, 0.717) is 5.75 Å². The van der Waals surface area contributed by atoms with Crippen LogP contribution in [0.15, 0.2) is 65.6 Å². The first-order chi connectivity index (χ1) is 13.0. The lowest BCUT2D eigenvalue weighted by Gasteiger charge is -2.23. The smallest absolute Gasteiger partial charge is 0.410 e. The number of para-hydroxylation sites is 1. The van der Waals surface area contributed by atoms with E-state index < -0.39 is 12.1 Å². The number of thioether (sulfide) groups is 1. The van der Waals surface area contributed by atoms with Gasteiger partial charge in [0.15, 0.2) is 0 Å². The highest BCUT2D eigenvalue weighted by molar-refractivity contribution is 7.99. The van der Waals surface area contributed by atoms with Gasteiger partial charge in [-0.3, -0.25) is 4.79 Å². The molecule has 2 amide bonds. The van der Waals surface area contributed by atoms with Crippen molar-refractivity contribution in [3.63, 3.8) is 0 Å². The van der Waals surface area contributed by atoms with Gasteiger partial charge in [0.1, 0.15) is 11.8 Å². The standard InChI is InChI=1S/C21H26N2O3S/c1-15(2)19(23-21(25)26-17-10-6-4-7-11-17)20(24)22-16(3)14-27-18-12-8-5-9-13-18/h4-13,15-16,19H,14H2,1-3H3,(H,22,24)(H,23,25)/t16?,19-/m0/s1. The van der Waals surface area contributed by atoms with E-state index in [0.717, 1.165) is 10.6 Å². The molecule has 0 radical (unpaired) electrons. The van der Waals surface area contributed by atoms with Gasteiger partial charge in [0, 0.05) is 16.7 Å². The topological polar surface area (TPSA) is 67.4 Å². The summed E-state index contributed by atoms with van der Waals surface area (Å²) in [6.07, 6.45) is -0.638. The minimum atomic E-state index is -0.662. The van der Waals surface area contributed by atoms with E-state index in [-0.39, 0.29) is 17.9 Å². The first-order valence-corrected chi connectivity index (χ1v) is 9.96. The molecule has 0 saturated heterocycles. The lowest BCUT2D eigenvalue weighted by atomic mass is 10.0. The molecule has 2 aromatic rings. The SMILES string of the molecule is CC(CSc1ccccc1)NC(=O)[C@@H](NC(=O)Oc1ccccc1)C(C)C. The minimum Gasteiger partial charge on any atom is -0.410 e. The van der Waals surface area contributed by atoms with Gasteiger partial charge < -0.3 is 15.4 Å². The van der Waals surface area contributed by atoms with E-state index in [9.17, 15) is 9.59 Å². The predicted octanol–water partition coefficient (Wildman–Crippen LogP) is 4.10. The average Bonchev–Trinajstić information content (AvgIpc) is 2.66. The summed E-state index contributed by atoms with van der Waals surface area (Å²) < 4.78 is 5.22. The van der Waals surface area contributed by atoms with Crippen LogP contribution in [-0.2, 0) is 4.79 Å². The summed E-state index contributed by atoms with van der Waals surface area (Å²) in [7, 11) is 0. The molecule has 6 heteroatoms. The Balaban J connectivity index is 1.85. The van der Waals surface area contributed by atoms with E-state index in [2.05, 4.69) is 10.6 Å². The highest BCUT2D eigenvalue weighted by Crippen LogP contribution is 2.18. The van der Waals surface area contributed by atoms with Crippen LogP contribution in [-0.4, -0.2) is 29.8 Å². The molecule has 0 bridgehead atoms. The molecule has 2 rings (SSSR count). The summed E-state index contributed by atoms with van der Waals surface area (Å²) in [5, 5.41) is 5.63. The zero-order valence-corrected chi connectivity index (χ0v) is 16.7.